The van der Waals surface area contributed by atoms with E-state index in [1.807, 2.05) is 0 Å². The lowest BCUT2D eigenvalue weighted by atomic mass is 9.75. The highest BCUT2D eigenvalue weighted by Gasteiger charge is 2.57. The largest absolute Gasteiger partial charge is 0.465 e. The van der Waals surface area contributed by atoms with Gasteiger partial charge in [0.15, 0.2) is 0 Å². The summed E-state index contributed by atoms with van der Waals surface area (Å²) in [6, 6.07) is 1.41. The number of hydrogen-bond donors (Lipinski definition) is 1. The number of rotatable bonds is 2. The molecule has 2 aliphatic heterocycles. The van der Waals surface area contributed by atoms with Gasteiger partial charge in [-0.25, -0.2) is 17.6 Å². The normalized spacial score (nSPS) is 20.6. The summed E-state index contributed by atoms with van der Waals surface area (Å²) in [5, 5.41) is 8.77. The van der Waals surface area contributed by atoms with Crippen LogP contribution in [0.3, 0.4) is 0 Å². The van der Waals surface area contributed by atoms with Gasteiger partial charge in [0.25, 0.3) is 0 Å². The Balaban J connectivity index is 1.83. The van der Waals surface area contributed by atoms with Crippen molar-refractivity contribution in [1.29, 1.82) is 0 Å². The van der Waals surface area contributed by atoms with Crippen LogP contribution in [0.4, 0.5) is 22.4 Å². The van der Waals surface area contributed by atoms with Crippen LogP contribution in [0.1, 0.15) is 5.56 Å². The molecule has 0 aromatic heterocycles. The van der Waals surface area contributed by atoms with Crippen LogP contribution in [0.5, 0.6) is 0 Å². The molecule has 1 spiro atoms. The Labute approximate surface area is 134 Å². The van der Waals surface area contributed by atoms with Gasteiger partial charge >= 0.3 is 12.3 Å². The summed E-state index contributed by atoms with van der Waals surface area (Å²) in [5.74, 6) is -1.18. The van der Waals surface area contributed by atoms with Crippen molar-refractivity contribution in [3.05, 3.63) is 29.6 Å². The van der Waals surface area contributed by atoms with Crippen LogP contribution in [0.15, 0.2) is 23.1 Å². The van der Waals surface area contributed by atoms with Gasteiger partial charge in [-0.1, -0.05) is 0 Å². The molecule has 132 valence electrons. The summed E-state index contributed by atoms with van der Waals surface area (Å²) in [5.41, 5.74) is -2.09. The lowest BCUT2D eigenvalue weighted by molar-refractivity contribution is -0.140. The summed E-state index contributed by atoms with van der Waals surface area (Å²) in [4.78, 5) is 10.8. The van der Waals surface area contributed by atoms with Crippen LogP contribution in [-0.4, -0.2) is 55.0 Å². The third-order valence-electron chi connectivity index (χ3n) is 4.21. The first-order valence-electron chi connectivity index (χ1n) is 6.79. The monoisotopic (exact) mass is 368 g/mol. The zero-order chi connectivity index (χ0) is 17.9. The molecule has 24 heavy (non-hydrogen) atoms. The molecule has 1 aromatic rings. The van der Waals surface area contributed by atoms with E-state index >= 15 is 0 Å². The second kappa shape index (κ2) is 5.06. The van der Waals surface area contributed by atoms with Crippen LogP contribution in [0, 0.1) is 11.2 Å². The number of alkyl halides is 3. The van der Waals surface area contributed by atoms with Crippen molar-refractivity contribution in [3.8, 4) is 0 Å². The van der Waals surface area contributed by atoms with Crippen LogP contribution in [-0.2, 0) is 16.2 Å². The molecule has 11 heteroatoms. The molecule has 0 saturated carbocycles. The number of carboxylic acid groups (broad SMARTS) is 1. The fourth-order valence-electron chi connectivity index (χ4n) is 3.06. The first kappa shape index (κ1) is 17.0. The van der Waals surface area contributed by atoms with E-state index in [1.54, 1.807) is 0 Å². The van der Waals surface area contributed by atoms with Gasteiger partial charge in [0, 0.05) is 31.6 Å². The second-order valence-corrected chi connectivity index (χ2v) is 7.96. The van der Waals surface area contributed by atoms with E-state index in [0.29, 0.717) is 12.1 Å². The van der Waals surface area contributed by atoms with E-state index in [0.717, 1.165) is 9.21 Å². The smallest absolute Gasteiger partial charge is 0.417 e. The Bertz CT molecular complexity index is 795. The van der Waals surface area contributed by atoms with E-state index < -0.39 is 44.0 Å². The topological polar surface area (TPSA) is 77.9 Å². The first-order chi connectivity index (χ1) is 10.9. The highest BCUT2D eigenvalue weighted by molar-refractivity contribution is 7.89. The Morgan fingerprint density at radius 1 is 1.17 bits per heavy atom. The zero-order valence-corrected chi connectivity index (χ0v) is 12.9. The summed E-state index contributed by atoms with van der Waals surface area (Å²) in [6.07, 6.45) is -6.14. The average Bonchev–Trinajstić information content (AvgIpc) is 2.33. The third kappa shape index (κ3) is 2.61. The van der Waals surface area contributed by atoms with Crippen molar-refractivity contribution >= 4 is 16.1 Å². The van der Waals surface area contributed by atoms with E-state index in [1.165, 1.54) is 0 Å². The van der Waals surface area contributed by atoms with Crippen molar-refractivity contribution < 1.29 is 35.9 Å². The van der Waals surface area contributed by atoms with Gasteiger partial charge in [0.2, 0.25) is 10.0 Å². The molecule has 0 atom stereocenters. The lowest BCUT2D eigenvalue weighted by Gasteiger charge is -2.58. The molecule has 2 aliphatic rings. The maximum Gasteiger partial charge on any atom is 0.417 e. The number of benzene rings is 1. The maximum atomic E-state index is 13.1. The fraction of sp³-hybridized carbons (Fsp3) is 0.462. The number of carbonyl (C=O) groups is 1. The van der Waals surface area contributed by atoms with Gasteiger partial charge in [-0.3, -0.25) is 0 Å². The van der Waals surface area contributed by atoms with Crippen LogP contribution >= 0.6 is 0 Å². The molecule has 0 unspecified atom stereocenters. The van der Waals surface area contributed by atoms with E-state index in [2.05, 4.69) is 0 Å². The molecule has 2 saturated heterocycles. The molecule has 0 aliphatic carbocycles. The average molecular weight is 368 g/mol. The molecule has 6 nitrogen and oxygen atoms in total. The van der Waals surface area contributed by atoms with Gasteiger partial charge in [-0.15, -0.1) is 0 Å². The van der Waals surface area contributed by atoms with Gasteiger partial charge in [0.05, 0.1) is 10.5 Å². The van der Waals surface area contributed by atoms with Crippen molar-refractivity contribution in [2.75, 3.05) is 26.2 Å². The predicted molar refractivity (Wildman–Crippen MR) is 72.2 cm³/mol. The van der Waals surface area contributed by atoms with Crippen molar-refractivity contribution in [2.24, 2.45) is 5.41 Å². The minimum atomic E-state index is -5.01. The molecule has 3 rings (SSSR count). The minimum Gasteiger partial charge on any atom is -0.465 e. The minimum absolute atomic E-state index is 0.0617. The lowest BCUT2D eigenvalue weighted by Crippen LogP contribution is -2.73. The fourth-order valence-corrected chi connectivity index (χ4v) is 4.92. The van der Waals surface area contributed by atoms with Crippen LogP contribution in [0.2, 0.25) is 0 Å². The Kier molecular flexibility index (Phi) is 3.57. The van der Waals surface area contributed by atoms with Crippen LogP contribution in [0.25, 0.3) is 0 Å². The van der Waals surface area contributed by atoms with Gasteiger partial charge in [-0.2, -0.15) is 17.5 Å². The molecular formula is C13H12F4N2O4S. The van der Waals surface area contributed by atoms with Crippen molar-refractivity contribution in [1.82, 2.24) is 9.21 Å². The number of sulfonamides is 1. The Morgan fingerprint density at radius 2 is 1.75 bits per heavy atom. The molecule has 1 amide bonds. The highest BCUT2D eigenvalue weighted by Crippen LogP contribution is 2.44. The van der Waals surface area contributed by atoms with E-state index in [9.17, 15) is 30.8 Å². The standard InChI is InChI=1S/C13H12F4N2O4S/c14-8-1-2-10(9(3-8)13(15,16)17)24(22,23)19-6-12(7-19)4-18(5-12)11(20)21/h1-3H,4-7H2,(H,20,21). The molecular weight excluding hydrogens is 356 g/mol. The number of nitrogens with zero attached hydrogens (tertiary/aromatic N) is 2. The maximum absolute atomic E-state index is 13.1. The number of hydrogen-bond acceptors (Lipinski definition) is 3. The van der Waals surface area contributed by atoms with Gasteiger partial charge in [0.1, 0.15) is 5.82 Å². The molecule has 0 radical (unpaired) electrons. The van der Waals surface area contributed by atoms with Crippen molar-refractivity contribution in [3.63, 3.8) is 0 Å². The van der Waals surface area contributed by atoms with Crippen molar-refractivity contribution in [2.45, 2.75) is 11.1 Å². The quantitative estimate of drug-likeness (QED) is 0.808. The molecule has 1 N–H and O–H groups in total. The van der Waals surface area contributed by atoms with Gasteiger partial charge < -0.3 is 10.0 Å². The summed E-state index contributed by atoms with van der Waals surface area (Å²) in [7, 11) is -4.44. The predicted octanol–water partition coefficient (Wildman–Crippen LogP) is 1.83. The first-order valence-corrected chi connectivity index (χ1v) is 8.23. The summed E-state index contributed by atoms with van der Waals surface area (Å²) >= 11 is 0. The Hall–Kier alpha value is -1.88. The second-order valence-electron chi connectivity index (χ2n) is 6.05. The highest BCUT2D eigenvalue weighted by atomic mass is 32.2. The summed E-state index contributed by atoms with van der Waals surface area (Å²) in [6.45, 7) is 0.162. The van der Waals surface area contributed by atoms with Gasteiger partial charge in [-0.05, 0) is 18.2 Å². The molecule has 1 aromatic carbocycles. The molecule has 2 heterocycles. The van der Waals surface area contributed by atoms with Crippen LogP contribution < -0.4 is 0 Å². The zero-order valence-electron chi connectivity index (χ0n) is 12.0. The number of likely N-dealkylation sites (tertiary alicyclic amines) is 1. The molecule has 0 bridgehead atoms. The number of amides is 1. The SMILES string of the molecule is O=C(O)N1CC2(C1)CN(S(=O)(=O)c1ccc(F)cc1C(F)(F)F)C2. The van der Waals surface area contributed by atoms with E-state index in [4.69, 9.17) is 5.11 Å². The Morgan fingerprint density at radius 3 is 2.25 bits per heavy atom. The molecule has 2 fully saturated rings. The van der Waals surface area contributed by atoms with E-state index in [-0.39, 0.29) is 32.2 Å². The summed E-state index contributed by atoms with van der Waals surface area (Å²) < 4.78 is 77.8. The number of halogens is 4. The third-order valence-corrected chi connectivity index (χ3v) is 6.06.